The summed E-state index contributed by atoms with van der Waals surface area (Å²) in [5.41, 5.74) is 7.53. The lowest BCUT2D eigenvalue weighted by molar-refractivity contribution is -0.0173. The number of nitrogens with zero attached hydrogens (tertiary/aromatic N) is 2. The van der Waals surface area contributed by atoms with Crippen LogP contribution in [0, 0.1) is 0 Å². The van der Waals surface area contributed by atoms with Gasteiger partial charge in [0.25, 0.3) is 0 Å². The largest absolute Gasteiger partial charge is 0.529 e. The summed E-state index contributed by atoms with van der Waals surface area (Å²) in [6, 6.07) is 0. The van der Waals surface area contributed by atoms with Gasteiger partial charge in [0.05, 0.1) is 0 Å². The minimum Gasteiger partial charge on any atom is -0.358 e. The summed E-state index contributed by atoms with van der Waals surface area (Å²) in [4.78, 5) is 17.9. The molecule has 0 unspecified atom stereocenters. The van der Waals surface area contributed by atoms with E-state index < -0.39 is 7.82 Å². The van der Waals surface area contributed by atoms with Crippen LogP contribution in [0.5, 0.6) is 0 Å². The van der Waals surface area contributed by atoms with E-state index in [0.717, 1.165) is 0 Å². The van der Waals surface area contributed by atoms with Crippen molar-refractivity contribution >= 4 is 14.2 Å². The average molecular weight is 138 g/mol. The lowest BCUT2D eigenvalue weighted by atomic mass is 11.6. The molecule has 0 saturated heterocycles. The molecule has 0 spiro atoms. The maximum Gasteiger partial charge on any atom is 0.529 e. The van der Waals surface area contributed by atoms with E-state index in [-0.39, 0.29) is 6.40 Å². The van der Waals surface area contributed by atoms with E-state index in [1.54, 1.807) is 0 Å². The molecule has 8 heavy (non-hydrogen) atoms. The van der Waals surface area contributed by atoms with Crippen LogP contribution in [0.2, 0.25) is 0 Å². The molecule has 0 rings (SSSR count). The van der Waals surface area contributed by atoms with Crippen LogP contribution in [-0.4, -0.2) is 21.0 Å². The van der Waals surface area contributed by atoms with Crippen LogP contribution in [0.15, 0.2) is 0 Å². The van der Waals surface area contributed by atoms with E-state index in [1.807, 2.05) is 0 Å². The molecule has 0 atom stereocenters. The van der Waals surface area contributed by atoms with Crippen molar-refractivity contribution in [1.82, 2.24) is 0 Å². The van der Waals surface area contributed by atoms with Gasteiger partial charge in [0, 0.05) is 0 Å². The molecule has 0 aromatic heterocycles. The standard InChI is InChI=1S/CH3N2O4P/c2-3-1-7-8(4,5)6/h1H,(H2,4,5,6). The zero-order valence-electron chi connectivity index (χ0n) is 3.63. The van der Waals surface area contributed by atoms with Gasteiger partial charge in [0.15, 0.2) is 0 Å². The summed E-state index contributed by atoms with van der Waals surface area (Å²) < 4.78 is 13.2. The molecular weight excluding hydrogens is 135 g/mol. The highest BCUT2D eigenvalue weighted by Crippen LogP contribution is 2.33. The number of rotatable bonds is 2. The van der Waals surface area contributed by atoms with Crippen LogP contribution in [0.1, 0.15) is 0 Å². The molecule has 0 aliphatic heterocycles. The molecule has 0 fully saturated rings. The number of hydrogen-bond donors (Lipinski definition) is 2. The van der Waals surface area contributed by atoms with Gasteiger partial charge >= 0.3 is 14.2 Å². The lowest BCUT2D eigenvalue weighted by Crippen LogP contribution is -1.83. The van der Waals surface area contributed by atoms with Crippen molar-refractivity contribution in [2.75, 3.05) is 0 Å². The van der Waals surface area contributed by atoms with Gasteiger partial charge in [0.2, 0.25) is 0 Å². The number of hydrogen-bond acceptors (Lipinski definition) is 2. The second-order valence-electron chi connectivity index (χ2n) is 0.817. The van der Waals surface area contributed by atoms with Crippen LogP contribution in [0.25, 0.3) is 5.53 Å². The third-order valence-electron chi connectivity index (χ3n) is 0.232. The Bertz CT molecular complexity index is 153. The van der Waals surface area contributed by atoms with Gasteiger partial charge < -0.3 is 10.1 Å². The van der Waals surface area contributed by atoms with Crippen molar-refractivity contribution in [3.05, 3.63) is 5.53 Å². The van der Waals surface area contributed by atoms with E-state index in [2.05, 4.69) is 9.31 Å². The van der Waals surface area contributed by atoms with E-state index in [4.69, 9.17) is 15.3 Å². The Kier molecular flexibility index (Phi) is 2.37. The Labute approximate surface area is 44.6 Å². The molecule has 0 saturated carbocycles. The fraction of sp³-hybridized carbons (Fsp3) is 0. The first-order valence-corrected chi connectivity index (χ1v) is 2.99. The molecule has 46 valence electrons. The average Bonchev–Trinajstić information content (AvgIpc) is 1.59. The third-order valence-corrected chi connectivity index (χ3v) is 0.601. The Morgan fingerprint density at radius 3 is 2.38 bits per heavy atom. The zero-order chi connectivity index (χ0) is 6.62. The second-order valence-corrected chi connectivity index (χ2v) is 2.01. The van der Waals surface area contributed by atoms with Crippen LogP contribution >= 0.6 is 7.82 Å². The van der Waals surface area contributed by atoms with Gasteiger partial charge in [-0.15, -0.1) is 4.79 Å². The van der Waals surface area contributed by atoms with Crippen LogP contribution in [0.4, 0.5) is 0 Å². The normalized spacial score (nSPS) is 9.75. The molecule has 7 heteroatoms. The highest BCUT2D eigenvalue weighted by atomic mass is 31.2. The Morgan fingerprint density at radius 1 is 1.75 bits per heavy atom. The van der Waals surface area contributed by atoms with Crippen LogP contribution in [0.3, 0.4) is 0 Å². The Hall–Kier alpha value is -0.670. The Balaban J connectivity index is 3.74. The molecule has 0 aliphatic carbocycles. The molecule has 0 aromatic carbocycles. The summed E-state index contributed by atoms with van der Waals surface area (Å²) in [5, 5.41) is 0. The summed E-state index contributed by atoms with van der Waals surface area (Å²) in [7, 11) is -4.49. The van der Waals surface area contributed by atoms with E-state index in [1.165, 1.54) is 0 Å². The fourth-order valence-electron chi connectivity index (χ4n) is 0.0825. The molecule has 0 aliphatic rings. The molecule has 6 nitrogen and oxygen atoms in total. The van der Waals surface area contributed by atoms with Crippen molar-refractivity contribution in [1.29, 1.82) is 0 Å². The SMILES string of the molecule is [N-]=[N+]=COP(=O)(O)O. The molecule has 0 heterocycles. The van der Waals surface area contributed by atoms with E-state index >= 15 is 0 Å². The van der Waals surface area contributed by atoms with Gasteiger partial charge in [-0.05, 0) is 0 Å². The number of phosphoric ester groups is 1. The van der Waals surface area contributed by atoms with Gasteiger partial charge in [-0.25, -0.2) is 4.57 Å². The quantitative estimate of drug-likeness (QED) is 0.174. The summed E-state index contributed by atoms with van der Waals surface area (Å²) >= 11 is 0. The first-order chi connectivity index (χ1) is 3.56. The van der Waals surface area contributed by atoms with Crippen molar-refractivity contribution in [3.8, 4) is 0 Å². The topological polar surface area (TPSA) is 103 Å². The van der Waals surface area contributed by atoms with Crippen molar-refractivity contribution in [2.45, 2.75) is 0 Å². The molecule has 0 aromatic rings. The highest BCUT2D eigenvalue weighted by Gasteiger charge is 2.13. The highest BCUT2D eigenvalue weighted by molar-refractivity contribution is 7.46. The predicted octanol–water partition coefficient (Wildman–Crippen LogP) is -0.646. The summed E-state index contributed by atoms with van der Waals surface area (Å²) in [6.45, 7) is 0. The van der Waals surface area contributed by atoms with Crippen molar-refractivity contribution in [2.24, 2.45) is 0 Å². The molecule has 0 amide bonds. The second kappa shape index (κ2) is 2.59. The fourth-order valence-corrected chi connectivity index (χ4v) is 0.247. The lowest BCUT2D eigenvalue weighted by Gasteiger charge is -1.92. The predicted molar refractivity (Wildman–Crippen MR) is 22.8 cm³/mol. The van der Waals surface area contributed by atoms with E-state index in [9.17, 15) is 4.57 Å². The third kappa shape index (κ3) is 5.33. The first kappa shape index (κ1) is 7.33. The smallest absolute Gasteiger partial charge is 0.358 e. The van der Waals surface area contributed by atoms with Crippen LogP contribution < -0.4 is 0 Å². The van der Waals surface area contributed by atoms with E-state index in [0.29, 0.717) is 0 Å². The molecular formula is CH3N2O4P. The minimum absolute atomic E-state index is 0.251. The zero-order valence-corrected chi connectivity index (χ0v) is 4.52. The monoisotopic (exact) mass is 138 g/mol. The molecule has 0 bridgehead atoms. The Morgan fingerprint density at radius 2 is 2.25 bits per heavy atom. The van der Waals surface area contributed by atoms with Crippen LogP contribution in [-0.2, 0) is 9.09 Å². The van der Waals surface area contributed by atoms with Gasteiger partial charge in [-0.3, -0.25) is 9.79 Å². The van der Waals surface area contributed by atoms with Gasteiger partial charge in [0.1, 0.15) is 0 Å². The minimum atomic E-state index is -4.49. The van der Waals surface area contributed by atoms with Gasteiger partial charge in [-0.1, -0.05) is 0 Å². The first-order valence-electron chi connectivity index (χ1n) is 1.46. The molecule has 0 radical (unpaired) electrons. The van der Waals surface area contributed by atoms with Crippen molar-refractivity contribution < 1.29 is 23.7 Å². The molecule has 2 N–H and O–H groups in total. The van der Waals surface area contributed by atoms with Gasteiger partial charge in [-0.2, -0.15) is 0 Å². The van der Waals surface area contributed by atoms with Crippen molar-refractivity contribution in [3.63, 3.8) is 0 Å². The maximum atomic E-state index is 9.66. The maximum absolute atomic E-state index is 9.66. The summed E-state index contributed by atoms with van der Waals surface area (Å²) in [6.07, 6.45) is 0.251. The summed E-state index contributed by atoms with van der Waals surface area (Å²) in [5.74, 6) is 0. The number of phosphoric acid groups is 1.